The number of aliphatic hydroxyl groups is 1. The predicted molar refractivity (Wildman–Crippen MR) is 164 cm³/mol. The summed E-state index contributed by atoms with van der Waals surface area (Å²) in [5.41, 5.74) is 0.197. The summed E-state index contributed by atoms with van der Waals surface area (Å²) in [5.74, 6) is -0.0607. The molecule has 0 fully saturated rings. The van der Waals surface area contributed by atoms with Gasteiger partial charge >= 0.3 is 0 Å². The molecule has 43 heavy (non-hydrogen) atoms. The maximum Gasteiger partial charge on any atom is 0.243 e. The van der Waals surface area contributed by atoms with E-state index in [9.17, 15) is 23.1 Å². The number of likely N-dealkylation sites (N-methyl/N-ethyl adjacent to an activating group) is 1. The van der Waals surface area contributed by atoms with Crippen molar-refractivity contribution in [2.75, 3.05) is 26.9 Å². The van der Waals surface area contributed by atoms with Gasteiger partial charge in [0.1, 0.15) is 6.04 Å². The number of aliphatic hydroxyl groups excluding tert-OH is 1. The van der Waals surface area contributed by atoms with Crippen LogP contribution in [0.1, 0.15) is 47.1 Å². The van der Waals surface area contributed by atoms with E-state index in [1.165, 1.54) is 16.4 Å². The Morgan fingerprint density at radius 2 is 1.60 bits per heavy atom. The Morgan fingerprint density at radius 3 is 2.21 bits per heavy atom. The van der Waals surface area contributed by atoms with Gasteiger partial charge in [0.05, 0.1) is 23.1 Å². The van der Waals surface area contributed by atoms with E-state index in [1.54, 1.807) is 20.0 Å². The number of hydrogen-bond acceptors (Lipinski definition) is 8. The minimum atomic E-state index is -4.05. The van der Waals surface area contributed by atoms with E-state index in [2.05, 4.69) is 16.0 Å². The Labute approximate surface area is 255 Å². The molecule has 4 atom stereocenters. The molecular weight excluding hydrogens is 572 g/mol. The maximum atomic E-state index is 13.8. The van der Waals surface area contributed by atoms with Gasteiger partial charge in [0.2, 0.25) is 28.6 Å². The van der Waals surface area contributed by atoms with Crippen LogP contribution in [-0.2, 0) is 26.0 Å². The van der Waals surface area contributed by atoms with Crippen LogP contribution in [0.3, 0.4) is 0 Å². The van der Waals surface area contributed by atoms with Crippen LogP contribution in [0.2, 0.25) is 0 Å². The highest BCUT2D eigenvalue weighted by Gasteiger charge is 2.37. The van der Waals surface area contributed by atoms with Crippen LogP contribution in [0, 0.1) is 11.3 Å². The van der Waals surface area contributed by atoms with E-state index in [-0.39, 0.29) is 43.0 Å². The number of rotatable bonds is 14. The van der Waals surface area contributed by atoms with Crippen LogP contribution in [0.5, 0.6) is 11.5 Å². The summed E-state index contributed by atoms with van der Waals surface area (Å²) in [6.45, 7) is 10.9. The highest BCUT2D eigenvalue weighted by molar-refractivity contribution is 7.89. The third kappa shape index (κ3) is 9.15. The van der Waals surface area contributed by atoms with Gasteiger partial charge in [0, 0.05) is 19.2 Å². The minimum Gasteiger partial charge on any atom is -0.454 e. The van der Waals surface area contributed by atoms with Crippen molar-refractivity contribution in [3.05, 3.63) is 54.1 Å². The summed E-state index contributed by atoms with van der Waals surface area (Å²) >= 11 is 0. The summed E-state index contributed by atoms with van der Waals surface area (Å²) in [7, 11) is -2.40. The van der Waals surface area contributed by atoms with Gasteiger partial charge in [0.15, 0.2) is 11.5 Å². The predicted octanol–water partition coefficient (Wildman–Crippen LogP) is 2.29. The highest BCUT2D eigenvalue weighted by Crippen LogP contribution is 2.35. The van der Waals surface area contributed by atoms with Gasteiger partial charge in [-0.15, -0.1) is 0 Å². The summed E-state index contributed by atoms with van der Waals surface area (Å²) in [6.07, 6.45) is -1.04. The molecule has 0 saturated heterocycles. The first-order valence-corrected chi connectivity index (χ1v) is 16.0. The third-order valence-electron chi connectivity index (χ3n) is 7.27. The number of ether oxygens (including phenoxy) is 2. The molecule has 0 spiro atoms. The Kier molecular flexibility index (Phi) is 11.6. The zero-order valence-electron chi connectivity index (χ0n) is 26.1. The molecule has 2 amide bonds. The molecule has 3 rings (SSSR count). The number of amides is 2. The monoisotopic (exact) mass is 618 g/mol. The Balaban J connectivity index is 1.91. The molecule has 0 unspecified atom stereocenters. The fraction of sp³-hybridized carbons (Fsp3) is 0.548. The Morgan fingerprint density at radius 1 is 0.953 bits per heavy atom. The van der Waals surface area contributed by atoms with Crippen LogP contribution < -0.4 is 25.4 Å². The van der Waals surface area contributed by atoms with Crippen molar-refractivity contribution >= 4 is 21.8 Å². The van der Waals surface area contributed by atoms with Crippen molar-refractivity contribution in [3.63, 3.8) is 0 Å². The molecule has 2 aromatic carbocycles. The number of nitrogens with zero attached hydrogens (tertiary/aromatic N) is 1. The lowest BCUT2D eigenvalue weighted by atomic mass is 9.85. The van der Waals surface area contributed by atoms with E-state index in [4.69, 9.17) is 9.47 Å². The zero-order valence-corrected chi connectivity index (χ0v) is 26.9. The molecule has 11 nitrogen and oxygen atoms in total. The number of nitrogens with one attached hydrogen (secondary N) is 3. The number of fused-ring (bicyclic) bond motifs is 1. The molecule has 0 aromatic heterocycles. The number of hydrogen-bond donors (Lipinski definition) is 4. The zero-order chi connectivity index (χ0) is 31.9. The second kappa shape index (κ2) is 14.5. The summed E-state index contributed by atoms with van der Waals surface area (Å²) in [4.78, 5) is 26.4. The average molecular weight is 619 g/mol. The largest absolute Gasteiger partial charge is 0.454 e. The molecule has 0 bridgehead atoms. The van der Waals surface area contributed by atoms with Crippen molar-refractivity contribution in [2.24, 2.45) is 11.3 Å². The fourth-order valence-electron chi connectivity index (χ4n) is 4.69. The molecule has 0 saturated carbocycles. The van der Waals surface area contributed by atoms with E-state index < -0.39 is 45.6 Å². The van der Waals surface area contributed by atoms with Gasteiger partial charge in [-0.2, -0.15) is 4.31 Å². The second-order valence-corrected chi connectivity index (χ2v) is 14.4. The van der Waals surface area contributed by atoms with Gasteiger partial charge in [-0.05, 0) is 49.4 Å². The molecule has 12 heteroatoms. The summed E-state index contributed by atoms with van der Waals surface area (Å²) in [6, 6.07) is 11.5. The third-order valence-corrected chi connectivity index (χ3v) is 9.10. The Hall–Kier alpha value is -3.19. The molecule has 1 aliphatic rings. The number of carbonyl (C=O) groups excluding carboxylic acids is 2. The molecular formula is C31H46N4O7S. The Bertz CT molecular complexity index is 1350. The van der Waals surface area contributed by atoms with Crippen LogP contribution in [0.4, 0.5) is 0 Å². The highest BCUT2D eigenvalue weighted by atomic mass is 32.2. The average Bonchev–Trinajstić information content (AvgIpc) is 3.42. The first-order valence-electron chi connectivity index (χ1n) is 14.5. The summed E-state index contributed by atoms with van der Waals surface area (Å²) < 4.78 is 39.6. The van der Waals surface area contributed by atoms with Crippen LogP contribution in [0.25, 0.3) is 0 Å². The van der Waals surface area contributed by atoms with Gasteiger partial charge in [0.25, 0.3) is 0 Å². The molecule has 0 aliphatic carbocycles. The quantitative estimate of drug-likeness (QED) is 0.252. The van der Waals surface area contributed by atoms with Crippen molar-refractivity contribution in [2.45, 2.75) is 77.1 Å². The topological polar surface area (TPSA) is 146 Å². The summed E-state index contributed by atoms with van der Waals surface area (Å²) in [5, 5.41) is 20.2. The van der Waals surface area contributed by atoms with Crippen molar-refractivity contribution < 1.29 is 32.6 Å². The van der Waals surface area contributed by atoms with Crippen molar-refractivity contribution in [3.8, 4) is 11.5 Å². The van der Waals surface area contributed by atoms with Crippen molar-refractivity contribution in [1.29, 1.82) is 0 Å². The van der Waals surface area contributed by atoms with Gasteiger partial charge in [-0.3, -0.25) is 9.59 Å². The van der Waals surface area contributed by atoms with Crippen molar-refractivity contribution in [1.82, 2.24) is 20.3 Å². The molecule has 4 N–H and O–H groups in total. The van der Waals surface area contributed by atoms with Crippen LogP contribution in [-0.4, -0.2) is 80.8 Å². The number of carbonyl (C=O) groups is 2. The van der Waals surface area contributed by atoms with E-state index in [0.717, 1.165) is 5.56 Å². The molecule has 238 valence electrons. The SMILES string of the molecule is CN[C@@H](C)C(=O)N[C@H](C(=O)N[C@@H](Cc1ccccc1)[C@H](O)CN(CC(C)C)S(=O)(=O)c1ccc2c(c1)OCO2)C(C)(C)C. The number of sulfonamides is 1. The van der Waals surface area contributed by atoms with E-state index >= 15 is 0 Å². The molecule has 1 aliphatic heterocycles. The van der Waals surface area contributed by atoms with E-state index in [0.29, 0.717) is 11.5 Å². The van der Waals surface area contributed by atoms with Gasteiger partial charge < -0.3 is 30.5 Å². The lowest BCUT2D eigenvalue weighted by molar-refractivity contribution is -0.133. The smallest absolute Gasteiger partial charge is 0.243 e. The standard InChI is InChI=1S/C31H46N4O7S/c1-20(2)17-35(43(39,40)23-13-14-26-27(16-23)42-19-41-26)18-25(36)24(15-22-11-9-8-10-12-22)33-30(38)28(31(4,5)6)34-29(37)21(3)32-7/h8-14,16,20-21,24-25,28,32,36H,15,17-19H2,1-7H3,(H,33,38)(H,34,37)/t21-,24-,25+,28+/m0/s1. The van der Waals surface area contributed by atoms with Gasteiger partial charge in [-0.1, -0.05) is 65.0 Å². The first-order chi connectivity index (χ1) is 20.1. The van der Waals surface area contributed by atoms with E-state index in [1.807, 2.05) is 65.0 Å². The second-order valence-electron chi connectivity index (χ2n) is 12.4. The minimum absolute atomic E-state index is 0.0119. The maximum absolute atomic E-state index is 13.8. The molecule has 0 radical (unpaired) electrons. The molecule has 2 aromatic rings. The van der Waals surface area contributed by atoms with Crippen LogP contribution >= 0.6 is 0 Å². The van der Waals surface area contributed by atoms with Gasteiger partial charge in [-0.25, -0.2) is 8.42 Å². The molecule has 1 heterocycles. The van der Waals surface area contributed by atoms with Crippen LogP contribution in [0.15, 0.2) is 53.4 Å². The fourth-order valence-corrected chi connectivity index (χ4v) is 6.33. The number of benzene rings is 2. The lowest BCUT2D eigenvalue weighted by Crippen LogP contribution is -2.60. The lowest BCUT2D eigenvalue weighted by Gasteiger charge is -2.35. The normalized spacial score (nSPS) is 16.0. The first kappa shape index (κ1) is 34.3.